The molecule has 0 atom stereocenters. The first-order valence-electron chi connectivity index (χ1n) is 6.31. The minimum absolute atomic E-state index is 1.13. The maximum Gasteiger partial charge on any atom is 0.241 e. The highest BCUT2D eigenvalue weighted by molar-refractivity contribution is 9.10. The van der Waals surface area contributed by atoms with Crippen molar-refractivity contribution in [1.82, 2.24) is 4.68 Å². The minimum Gasteiger partial charge on any atom is -0.150 e. The first kappa shape index (κ1) is 12.4. The van der Waals surface area contributed by atoms with Crippen LogP contribution in [0.4, 0.5) is 0 Å². The summed E-state index contributed by atoms with van der Waals surface area (Å²) >= 11 is 3.56. The highest BCUT2D eigenvalue weighted by Gasteiger charge is 2.20. The Morgan fingerprint density at radius 2 is 1.68 bits per heavy atom. The van der Waals surface area contributed by atoms with Crippen molar-refractivity contribution < 1.29 is 4.68 Å². The number of hydrogen-bond acceptors (Lipinski definition) is 0. The van der Waals surface area contributed by atoms with Gasteiger partial charge in [-0.05, 0) is 38.1 Å². The van der Waals surface area contributed by atoms with Crippen molar-refractivity contribution in [3.05, 3.63) is 58.2 Å². The summed E-state index contributed by atoms with van der Waals surface area (Å²) in [6.07, 6.45) is 2.19. The largest absolute Gasteiger partial charge is 0.241 e. The third-order valence-corrected chi connectivity index (χ3v) is 4.01. The number of fused-ring (bicyclic) bond motifs is 1. The highest BCUT2D eigenvalue weighted by Crippen LogP contribution is 2.22. The summed E-state index contributed by atoms with van der Waals surface area (Å²) in [7, 11) is 2.10. The second-order valence-electron chi connectivity index (χ2n) is 4.94. The normalized spacial score (nSPS) is 11.2. The van der Waals surface area contributed by atoms with Crippen molar-refractivity contribution in [1.29, 1.82) is 0 Å². The zero-order valence-electron chi connectivity index (χ0n) is 11.3. The number of para-hydroxylation sites is 1. The Hall–Kier alpha value is -1.61. The topological polar surface area (TPSA) is 8.81 Å². The second kappa shape index (κ2) is 4.49. The molecule has 0 saturated carbocycles. The molecular weight excluding hydrogens is 300 g/mol. The van der Waals surface area contributed by atoms with E-state index in [0.29, 0.717) is 0 Å². The van der Waals surface area contributed by atoms with Gasteiger partial charge in [0.25, 0.3) is 0 Å². The van der Waals surface area contributed by atoms with Crippen molar-refractivity contribution in [2.24, 2.45) is 7.05 Å². The molecule has 0 aliphatic carbocycles. The summed E-state index contributed by atoms with van der Waals surface area (Å²) in [5.41, 5.74) is 5.02. The van der Waals surface area contributed by atoms with E-state index in [9.17, 15) is 0 Å². The van der Waals surface area contributed by atoms with Crippen LogP contribution in [-0.2, 0) is 7.05 Å². The maximum atomic E-state index is 3.56. The molecule has 0 aliphatic rings. The van der Waals surface area contributed by atoms with Gasteiger partial charge in [0.15, 0.2) is 0 Å². The van der Waals surface area contributed by atoms with Crippen molar-refractivity contribution in [3.63, 3.8) is 0 Å². The summed E-state index contributed by atoms with van der Waals surface area (Å²) in [5.74, 6) is 0. The third kappa shape index (κ3) is 1.98. The van der Waals surface area contributed by atoms with Crippen molar-refractivity contribution in [2.75, 3.05) is 0 Å². The smallest absolute Gasteiger partial charge is 0.150 e. The fourth-order valence-electron chi connectivity index (χ4n) is 2.70. The molecule has 1 aromatic heterocycles. The average molecular weight is 316 g/mol. The number of nitrogens with zero attached hydrogens (tertiary/aromatic N) is 2. The van der Waals surface area contributed by atoms with E-state index in [4.69, 9.17) is 0 Å². The number of halogens is 1. The predicted molar refractivity (Wildman–Crippen MR) is 81.6 cm³/mol. The van der Waals surface area contributed by atoms with Gasteiger partial charge in [-0.25, -0.2) is 0 Å². The lowest BCUT2D eigenvalue weighted by molar-refractivity contribution is -0.680. The number of aryl methyl sites for hydroxylation is 3. The minimum atomic E-state index is 1.13. The van der Waals surface area contributed by atoms with Crippen LogP contribution in [0.25, 0.3) is 16.6 Å². The van der Waals surface area contributed by atoms with Gasteiger partial charge in [-0.1, -0.05) is 32.7 Å². The van der Waals surface area contributed by atoms with Crippen molar-refractivity contribution >= 4 is 26.8 Å². The zero-order chi connectivity index (χ0) is 13.6. The van der Waals surface area contributed by atoms with Crippen LogP contribution >= 0.6 is 15.9 Å². The van der Waals surface area contributed by atoms with Crippen LogP contribution in [0.1, 0.15) is 11.1 Å². The Kier molecular flexibility index (Phi) is 2.94. The summed E-state index contributed by atoms with van der Waals surface area (Å²) < 4.78 is 5.55. The summed E-state index contributed by atoms with van der Waals surface area (Å²) in [6, 6.07) is 12.8. The van der Waals surface area contributed by atoms with Crippen LogP contribution in [0.5, 0.6) is 0 Å². The molecule has 96 valence electrons. The van der Waals surface area contributed by atoms with Gasteiger partial charge >= 0.3 is 0 Å². The molecule has 2 nitrogen and oxygen atoms in total. The molecule has 3 rings (SSSR count). The van der Waals surface area contributed by atoms with Gasteiger partial charge in [-0.2, -0.15) is 4.68 Å². The Balaban J connectivity index is 2.34. The van der Waals surface area contributed by atoms with Crippen LogP contribution in [0.2, 0.25) is 0 Å². The van der Waals surface area contributed by atoms with Gasteiger partial charge in [-0.15, -0.1) is 0 Å². The molecule has 0 aliphatic heterocycles. The summed E-state index contributed by atoms with van der Waals surface area (Å²) in [4.78, 5) is 0. The quantitative estimate of drug-likeness (QED) is 0.603. The lowest BCUT2D eigenvalue weighted by atomic mass is 10.1. The van der Waals surface area contributed by atoms with Gasteiger partial charge in [0.05, 0.1) is 12.4 Å². The fraction of sp³-hybridized carbons (Fsp3) is 0.188. The zero-order valence-corrected chi connectivity index (χ0v) is 12.9. The highest BCUT2D eigenvalue weighted by atomic mass is 79.9. The van der Waals surface area contributed by atoms with E-state index in [1.54, 1.807) is 0 Å². The molecule has 0 bridgehead atoms. The first-order chi connectivity index (χ1) is 9.08. The van der Waals surface area contributed by atoms with Gasteiger partial charge in [0.2, 0.25) is 11.9 Å². The molecule has 0 fully saturated rings. The van der Waals surface area contributed by atoms with Gasteiger partial charge in [0, 0.05) is 15.6 Å². The lowest BCUT2D eigenvalue weighted by Gasteiger charge is -2.05. The first-order valence-corrected chi connectivity index (χ1v) is 7.11. The SMILES string of the molecule is Cc1cc(Br)cc(C)c1-[n+]1cc2ccccc2n1C. The molecule has 0 N–H and O–H groups in total. The Labute approximate surface area is 121 Å². The van der Waals surface area contributed by atoms with Crippen LogP contribution in [0.3, 0.4) is 0 Å². The molecule has 1 heterocycles. The molecule has 3 heteroatoms. The van der Waals surface area contributed by atoms with Crippen molar-refractivity contribution in [2.45, 2.75) is 13.8 Å². The van der Waals surface area contributed by atoms with Crippen LogP contribution < -0.4 is 4.68 Å². The van der Waals surface area contributed by atoms with Crippen LogP contribution in [0.15, 0.2) is 47.1 Å². The Morgan fingerprint density at radius 1 is 1.05 bits per heavy atom. The lowest BCUT2D eigenvalue weighted by Crippen LogP contribution is -2.40. The molecule has 3 aromatic rings. The van der Waals surface area contributed by atoms with Crippen LogP contribution in [-0.4, -0.2) is 4.68 Å². The molecule has 0 amide bonds. The van der Waals surface area contributed by atoms with E-state index >= 15 is 0 Å². The summed E-state index contributed by atoms with van der Waals surface area (Å²) in [5, 5.41) is 1.26. The van der Waals surface area contributed by atoms with E-state index in [2.05, 4.69) is 88.8 Å². The standard InChI is InChI=1S/C16H16BrN2/c1-11-8-14(17)9-12(2)16(11)19-10-13-6-4-5-7-15(13)18(19)3/h4-10H,1-3H3/q+1. The molecule has 0 unspecified atom stereocenters. The third-order valence-electron chi connectivity index (χ3n) is 3.55. The van der Waals surface area contributed by atoms with E-state index in [1.807, 2.05) is 0 Å². The number of aromatic nitrogens is 2. The second-order valence-corrected chi connectivity index (χ2v) is 5.86. The Morgan fingerprint density at radius 3 is 2.32 bits per heavy atom. The van der Waals surface area contributed by atoms with E-state index < -0.39 is 0 Å². The van der Waals surface area contributed by atoms with Gasteiger partial charge in [0.1, 0.15) is 5.52 Å². The molecule has 0 radical (unpaired) electrons. The average Bonchev–Trinajstić information content (AvgIpc) is 2.66. The van der Waals surface area contributed by atoms with E-state index in [-0.39, 0.29) is 0 Å². The Bertz CT molecular complexity index is 749. The summed E-state index contributed by atoms with van der Waals surface area (Å²) in [6.45, 7) is 4.30. The maximum absolute atomic E-state index is 3.56. The monoisotopic (exact) mass is 315 g/mol. The molecule has 19 heavy (non-hydrogen) atoms. The van der Waals surface area contributed by atoms with Crippen LogP contribution in [0, 0.1) is 13.8 Å². The number of hydrogen-bond donors (Lipinski definition) is 0. The fourth-order valence-corrected chi connectivity index (χ4v) is 3.39. The van der Waals surface area contributed by atoms with Gasteiger partial charge in [-0.3, -0.25) is 0 Å². The van der Waals surface area contributed by atoms with Crippen molar-refractivity contribution in [3.8, 4) is 5.69 Å². The molecule has 0 spiro atoms. The molecular formula is C16H16BrN2+. The number of benzene rings is 2. The van der Waals surface area contributed by atoms with Gasteiger partial charge < -0.3 is 0 Å². The predicted octanol–water partition coefficient (Wildman–Crippen LogP) is 3.83. The molecule has 0 saturated heterocycles. The number of rotatable bonds is 1. The van der Waals surface area contributed by atoms with E-state index in [0.717, 1.165) is 4.47 Å². The van der Waals surface area contributed by atoms with E-state index in [1.165, 1.54) is 27.7 Å². The molecule has 2 aromatic carbocycles.